The molecule has 0 fully saturated rings. The van der Waals surface area contributed by atoms with E-state index in [1.54, 1.807) is 18.4 Å². The van der Waals surface area contributed by atoms with Gasteiger partial charge in [0.15, 0.2) is 0 Å². The van der Waals surface area contributed by atoms with Crippen molar-refractivity contribution in [2.75, 3.05) is 32.0 Å². The molecule has 0 unspecified atom stereocenters. The number of rotatable bonds is 8. The summed E-state index contributed by atoms with van der Waals surface area (Å²) in [6, 6.07) is 9.52. The van der Waals surface area contributed by atoms with Gasteiger partial charge in [0.25, 0.3) is 0 Å². The Morgan fingerprint density at radius 1 is 1.15 bits per heavy atom. The van der Waals surface area contributed by atoms with Crippen LogP contribution in [-0.4, -0.2) is 48.3 Å². The molecule has 8 heteroatoms. The molecule has 0 atom stereocenters. The average Bonchev–Trinajstić information content (AvgIpc) is 3.01. The van der Waals surface area contributed by atoms with Gasteiger partial charge in [-0.25, -0.2) is 4.39 Å². The number of benzene rings is 1. The van der Waals surface area contributed by atoms with Crippen LogP contribution in [-0.2, 0) is 16.1 Å². The second-order valence-electron chi connectivity index (χ2n) is 5.81. The number of hydrogen-bond donors (Lipinski definition) is 1. The van der Waals surface area contributed by atoms with E-state index in [9.17, 15) is 14.0 Å². The van der Waals surface area contributed by atoms with Crippen LogP contribution in [0.25, 0.3) is 0 Å². The number of carbonyl (C=O) groups is 2. The smallest absolute Gasteiger partial charge is 0.243 e. The van der Waals surface area contributed by atoms with Gasteiger partial charge in [-0.1, -0.05) is 6.92 Å². The van der Waals surface area contributed by atoms with E-state index in [4.69, 9.17) is 0 Å². The first-order valence-corrected chi connectivity index (χ1v) is 9.74. The molecule has 0 spiro atoms. The molecule has 2 amide bonds. The molecular formula is C18H21BrFN3O2S. The van der Waals surface area contributed by atoms with Crippen LogP contribution in [0.4, 0.5) is 10.1 Å². The van der Waals surface area contributed by atoms with E-state index in [1.807, 2.05) is 24.0 Å². The molecule has 0 aliphatic rings. The number of nitrogens with one attached hydrogen (secondary N) is 1. The lowest BCUT2D eigenvalue weighted by atomic mass is 10.3. The molecule has 0 aliphatic carbocycles. The molecule has 0 radical (unpaired) electrons. The van der Waals surface area contributed by atoms with E-state index in [-0.39, 0.29) is 30.7 Å². The Morgan fingerprint density at radius 2 is 1.85 bits per heavy atom. The summed E-state index contributed by atoms with van der Waals surface area (Å²) in [5, 5.41) is 2.65. The third kappa shape index (κ3) is 6.51. The lowest BCUT2D eigenvalue weighted by Gasteiger charge is -2.23. The highest BCUT2D eigenvalue weighted by atomic mass is 79.9. The largest absolute Gasteiger partial charge is 0.335 e. The average molecular weight is 442 g/mol. The van der Waals surface area contributed by atoms with Crippen LogP contribution in [0.2, 0.25) is 0 Å². The van der Waals surface area contributed by atoms with Gasteiger partial charge >= 0.3 is 0 Å². The fraction of sp³-hybridized carbons (Fsp3) is 0.333. The summed E-state index contributed by atoms with van der Waals surface area (Å²) in [6.07, 6.45) is 0. The minimum atomic E-state index is -0.368. The summed E-state index contributed by atoms with van der Waals surface area (Å²) in [5.74, 6) is -0.817. The van der Waals surface area contributed by atoms with Crippen LogP contribution in [0.5, 0.6) is 0 Å². The second kappa shape index (κ2) is 9.80. The standard InChI is InChI=1S/C18H21BrFN3O2S/c1-3-23(10-15-8-9-16(19)26-15)12-18(25)22(2)11-17(24)21-14-6-4-13(20)5-7-14/h4-9H,3,10-12H2,1-2H3,(H,21,24). The predicted octanol–water partition coefficient (Wildman–Crippen LogP) is 3.57. The first kappa shape index (κ1) is 20.5. The first-order chi connectivity index (χ1) is 12.4. The van der Waals surface area contributed by atoms with Crippen molar-refractivity contribution in [3.63, 3.8) is 0 Å². The number of nitrogens with zero attached hydrogens (tertiary/aromatic N) is 2. The number of hydrogen-bond acceptors (Lipinski definition) is 4. The van der Waals surface area contributed by atoms with Crippen LogP contribution in [0.3, 0.4) is 0 Å². The number of likely N-dealkylation sites (N-methyl/N-ethyl adjacent to an activating group) is 2. The zero-order chi connectivity index (χ0) is 19.1. The van der Waals surface area contributed by atoms with Crippen molar-refractivity contribution in [2.45, 2.75) is 13.5 Å². The normalized spacial score (nSPS) is 10.8. The highest BCUT2D eigenvalue weighted by Gasteiger charge is 2.17. The van der Waals surface area contributed by atoms with Crippen LogP contribution in [0, 0.1) is 5.82 Å². The SMILES string of the molecule is CCN(CC(=O)N(C)CC(=O)Nc1ccc(F)cc1)Cc1ccc(Br)s1. The Balaban J connectivity index is 1.83. The zero-order valence-corrected chi connectivity index (χ0v) is 17.1. The van der Waals surface area contributed by atoms with Gasteiger partial charge in [-0.3, -0.25) is 14.5 Å². The third-order valence-corrected chi connectivity index (χ3v) is 5.36. The first-order valence-electron chi connectivity index (χ1n) is 8.13. The Morgan fingerprint density at radius 3 is 2.42 bits per heavy atom. The lowest BCUT2D eigenvalue weighted by Crippen LogP contribution is -2.41. The third-order valence-electron chi connectivity index (χ3n) is 3.75. The lowest BCUT2D eigenvalue weighted by molar-refractivity contribution is -0.134. The van der Waals surface area contributed by atoms with Gasteiger partial charge in [0.05, 0.1) is 16.9 Å². The van der Waals surface area contributed by atoms with Crippen molar-refractivity contribution in [3.05, 3.63) is 50.9 Å². The summed E-state index contributed by atoms with van der Waals surface area (Å²) in [5.41, 5.74) is 0.496. The molecule has 2 aromatic rings. The fourth-order valence-electron chi connectivity index (χ4n) is 2.29. The van der Waals surface area contributed by atoms with Crippen LogP contribution in [0.1, 0.15) is 11.8 Å². The molecule has 0 aliphatic heterocycles. The van der Waals surface area contributed by atoms with Gasteiger partial charge in [0.1, 0.15) is 5.82 Å². The van der Waals surface area contributed by atoms with E-state index in [0.717, 1.165) is 10.3 Å². The number of thiophene rings is 1. The molecule has 1 aromatic heterocycles. The quantitative estimate of drug-likeness (QED) is 0.680. The van der Waals surface area contributed by atoms with E-state index in [2.05, 4.69) is 21.2 Å². The molecule has 0 bridgehead atoms. The van der Waals surface area contributed by atoms with Crippen LogP contribution < -0.4 is 5.32 Å². The molecule has 0 saturated carbocycles. The molecular weight excluding hydrogens is 421 g/mol. The topological polar surface area (TPSA) is 52.7 Å². The van der Waals surface area contributed by atoms with Crippen molar-refractivity contribution in [3.8, 4) is 0 Å². The monoisotopic (exact) mass is 441 g/mol. The summed E-state index contributed by atoms with van der Waals surface area (Å²) in [6.45, 7) is 3.60. The highest BCUT2D eigenvalue weighted by Crippen LogP contribution is 2.23. The fourth-order valence-corrected chi connectivity index (χ4v) is 3.81. The van der Waals surface area contributed by atoms with Gasteiger partial charge in [0, 0.05) is 24.2 Å². The Kier molecular flexibility index (Phi) is 7.74. The van der Waals surface area contributed by atoms with Crippen molar-refractivity contribution in [1.82, 2.24) is 9.80 Å². The maximum atomic E-state index is 12.9. The minimum absolute atomic E-state index is 0.0572. The molecule has 26 heavy (non-hydrogen) atoms. The molecule has 5 nitrogen and oxygen atoms in total. The minimum Gasteiger partial charge on any atom is -0.335 e. The molecule has 1 heterocycles. The van der Waals surface area contributed by atoms with Crippen molar-refractivity contribution in [1.29, 1.82) is 0 Å². The van der Waals surface area contributed by atoms with E-state index >= 15 is 0 Å². The van der Waals surface area contributed by atoms with Gasteiger partial charge < -0.3 is 10.2 Å². The van der Waals surface area contributed by atoms with Crippen molar-refractivity contribution < 1.29 is 14.0 Å². The number of amides is 2. The van der Waals surface area contributed by atoms with Crippen molar-refractivity contribution >= 4 is 44.8 Å². The maximum absolute atomic E-state index is 12.9. The molecule has 0 saturated heterocycles. The van der Waals surface area contributed by atoms with E-state index < -0.39 is 0 Å². The van der Waals surface area contributed by atoms with Crippen LogP contribution in [0.15, 0.2) is 40.2 Å². The summed E-state index contributed by atoms with van der Waals surface area (Å²) < 4.78 is 13.9. The van der Waals surface area contributed by atoms with Crippen LogP contribution >= 0.6 is 27.3 Å². The zero-order valence-electron chi connectivity index (χ0n) is 14.7. The Bertz CT molecular complexity index is 751. The van der Waals surface area contributed by atoms with Crippen molar-refractivity contribution in [2.24, 2.45) is 0 Å². The maximum Gasteiger partial charge on any atom is 0.243 e. The van der Waals surface area contributed by atoms with Gasteiger partial charge in [-0.05, 0) is 58.9 Å². The molecule has 2 rings (SSSR count). The number of carbonyl (C=O) groups excluding carboxylic acids is 2. The highest BCUT2D eigenvalue weighted by molar-refractivity contribution is 9.11. The summed E-state index contributed by atoms with van der Waals surface area (Å²) in [7, 11) is 1.60. The molecule has 1 N–H and O–H groups in total. The molecule has 140 valence electrons. The number of halogens is 2. The second-order valence-corrected chi connectivity index (χ2v) is 8.36. The van der Waals surface area contributed by atoms with E-state index in [0.29, 0.717) is 12.2 Å². The molecule has 1 aromatic carbocycles. The van der Waals surface area contributed by atoms with Gasteiger partial charge in [0.2, 0.25) is 11.8 Å². The van der Waals surface area contributed by atoms with E-state index in [1.165, 1.54) is 34.0 Å². The predicted molar refractivity (Wildman–Crippen MR) is 106 cm³/mol. The Labute approximate surface area is 164 Å². The Hall–Kier alpha value is -1.77. The van der Waals surface area contributed by atoms with Gasteiger partial charge in [-0.2, -0.15) is 0 Å². The summed E-state index contributed by atoms with van der Waals surface area (Å²) >= 11 is 5.07. The number of anilines is 1. The summed E-state index contributed by atoms with van der Waals surface area (Å²) in [4.78, 5) is 29.0. The van der Waals surface area contributed by atoms with Gasteiger partial charge in [-0.15, -0.1) is 11.3 Å².